The predicted octanol–water partition coefficient (Wildman–Crippen LogP) is 2.16. The molecule has 0 bridgehead atoms. The largest absolute Gasteiger partial charge is 0.478 e. The summed E-state index contributed by atoms with van der Waals surface area (Å²) in [5.41, 5.74) is -0.137. The van der Waals surface area contributed by atoms with Crippen molar-refractivity contribution in [3.63, 3.8) is 0 Å². The fourth-order valence-corrected chi connectivity index (χ4v) is 0.735. The number of aliphatic carboxylic acids is 2. The first-order chi connectivity index (χ1) is 9.40. The number of hydrogen-bond donors (Lipinski definition) is 2. The van der Waals surface area contributed by atoms with Gasteiger partial charge >= 0.3 is 24.1 Å². The Kier molecular flexibility index (Phi) is 9.56. The zero-order valence-corrected chi connectivity index (χ0v) is 11.4. The Morgan fingerprint density at radius 3 is 1.90 bits per heavy atom. The van der Waals surface area contributed by atoms with Crippen molar-refractivity contribution >= 4 is 17.9 Å². The van der Waals surface area contributed by atoms with Crippen LogP contribution in [-0.2, 0) is 19.1 Å². The highest BCUT2D eigenvalue weighted by molar-refractivity contribution is 5.94. The third kappa shape index (κ3) is 13.9. The van der Waals surface area contributed by atoms with Crippen molar-refractivity contribution in [3.05, 3.63) is 23.8 Å². The first-order valence-corrected chi connectivity index (χ1v) is 5.46. The van der Waals surface area contributed by atoms with E-state index in [1.807, 2.05) is 0 Å². The van der Waals surface area contributed by atoms with E-state index in [1.54, 1.807) is 6.92 Å². The molecule has 0 rings (SSSR count). The average Bonchev–Trinajstić information content (AvgIpc) is 2.32. The minimum atomic E-state index is -4.47. The molecular formula is C12H15F3O6. The third-order valence-electron chi connectivity index (χ3n) is 1.67. The third-order valence-corrected chi connectivity index (χ3v) is 1.67. The molecule has 0 spiro atoms. The number of ether oxygens (including phenoxy) is 1. The van der Waals surface area contributed by atoms with Gasteiger partial charge in [0.25, 0.3) is 0 Å². The summed E-state index contributed by atoms with van der Waals surface area (Å²) in [5.74, 6) is -3.42. The molecule has 120 valence electrons. The fourth-order valence-electron chi connectivity index (χ4n) is 0.735. The van der Waals surface area contributed by atoms with Gasteiger partial charge in [-0.05, 0) is 13.3 Å². The quantitative estimate of drug-likeness (QED) is 0.596. The number of hydrogen-bond acceptors (Lipinski definition) is 4. The van der Waals surface area contributed by atoms with Gasteiger partial charge in [-0.25, -0.2) is 14.4 Å². The molecule has 0 saturated heterocycles. The highest BCUT2D eigenvalue weighted by atomic mass is 19.4. The minimum absolute atomic E-state index is 0.0470. The molecule has 0 heterocycles. The number of carbonyl (C=O) groups excluding carboxylic acids is 1. The highest BCUT2D eigenvalue weighted by Gasteiger charge is 2.29. The van der Waals surface area contributed by atoms with Gasteiger partial charge in [-0.3, -0.25) is 0 Å². The first-order valence-electron chi connectivity index (χ1n) is 5.46. The summed E-state index contributed by atoms with van der Waals surface area (Å²) in [5, 5.41) is 16.4. The Morgan fingerprint density at radius 1 is 1.24 bits per heavy atom. The van der Waals surface area contributed by atoms with Gasteiger partial charge in [-0.15, -0.1) is 0 Å². The van der Waals surface area contributed by atoms with Gasteiger partial charge in [0.05, 0.1) is 0 Å². The molecular weight excluding hydrogens is 297 g/mol. The van der Waals surface area contributed by atoms with Crippen LogP contribution in [-0.4, -0.2) is 40.9 Å². The van der Waals surface area contributed by atoms with Crippen LogP contribution in [0.2, 0.25) is 0 Å². The second-order valence-corrected chi connectivity index (χ2v) is 3.64. The van der Waals surface area contributed by atoms with Crippen LogP contribution in [0.4, 0.5) is 13.2 Å². The Balaban J connectivity index is 0. The minimum Gasteiger partial charge on any atom is -0.478 e. The van der Waals surface area contributed by atoms with E-state index in [4.69, 9.17) is 10.2 Å². The normalized spacial score (nSPS) is 11.0. The van der Waals surface area contributed by atoms with Crippen LogP contribution in [0.25, 0.3) is 0 Å². The molecule has 0 atom stereocenters. The van der Waals surface area contributed by atoms with Crippen molar-refractivity contribution in [2.24, 2.45) is 0 Å². The summed E-state index contributed by atoms with van der Waals surface area (Å²) >= 11 is 0. The standard InChI is InChI=1S/C6H7F3O2.C6H8O4/c1-4(2)5(10)11-3-6(7,8)9;1-2-4(6(9)10)3-5(7)8/h1,3H2,2H3;3H,2H2,1H3,(H,7,8)(H,9,10)/b;4-3-. The maximum absolute atomic E-state index is 11.4. The molecule has 21 heavy (non-hydrogen) atoms. The van der Waals surface area contributed by atoms with Crippen molar-refractivity contribution < 1.29 is 42.5 Å². The maximum atomic E-state index is 11.4. The highest BCUT2D eigenvalue weighted by Crippen LogP contribution is 2.14. The molecule has 2 N–H and O–H groups in total. The van der Waals surface area contributed by atoms with Crippen LogP contribution in [0.3, 0.4) is 0 Å². The molecule has 0 saturated carbocycles. The van der Waals surface area contributed by atoms with Gasteiger partial charge in [-0.2, -0.15) is 13.2 Å². The summed E-state index contributed by atoms with van der Waals surface area (Å²) in [6.07, 6.45) is -3.55. The van der Waals surface area contributed by atoms with Crippen molar-refractivity contribution in [2.75, 3.05) is 6.61 Å². The molecule has 0 aromatic heterocycles. The molecule has 0 radical (unpaired) electrons. The van der Waals surface area contributed by atoms with E-state index < -0.39 is 30.7 Å². The van der Waals surface area contributed by atoms with Gasteiger partial charge in [-0.1, -0.05) is 13.5 Å². The van der Waals surface area contributed by atoms with Crippen molar-refractivity contribution in [1.29, 1.82) is 0 Å². The number of carboxylic acid groups (broad SMARTS) is 2. The van der Waals surface area contributed by atoms with Gasteiger partial charge in [0.1, 0.15) is 0 Å². The fraction of sp³-hybridized carbons (Fsp3) is 0.417. The molecule has 0 unspecified atom stereocenters. The molecule has 0 aliphatic carbocycles. The smallest absolute Gasteiger partial charge is 0.422 e. The van der Waals surface area contributed by atoms with Crippen LogP contribution in [0, 0.1) is 0 Å². The summed E-state index contributed by atoms with van der Waals surface area (Å²) in [6.45, 7) is 4.42. The van der Waals surface area contributed by atoms with E-state index in [2.05, 4.69) is 11.3 Å². The van der Waals surface area contributed by atoms with Crippen LogP contribution in [0.1, 0.15) is 20.3 Å². The van der Waals surface area contributed by atoms with E-state index in [9.17, 15) is 27.6 Å². The number of alkyl halides is 3. The maximum Gasteiger partial charge on any atom is 0.422 e. The molecule has 6 nitrogen and oxygen atoms in total. The van der Waals surface area contributed by atoms with Crippen LogP contribution in [0.5, 0.6) is 0 Å². The van der Waals surface area contributed by atoms with Crippen LogP contribution < -0.4 is 0 Å². The molecule has 0 fully saturated rings. The second-order valence-electron chi connectivity index (χ2n) is 3.64. The van der Waals surface area contributed by atoms with Gasteiger partial charge in [0.2, 0.25) is 0 Å². The Morgan fingerprint density at radius 2 is 1.71 bits per heavy atom. The Hall–Kier alpha value is -2.32. The molecule has 0 aromatic rings. The average molecular weight is 312 g/mol. The second kappa shape index (κ2) is 9.56. The zero-order chi connectivity index (χ0) is 17.2. The lowest BCUT2D eigenvalue weighted by Gasteiger charge is -2.06. The lowest BCUT2D eigenvalue weighted by Crippen LogP contribution is -2.20. The molecule has 0 aliphatic heterocycles. The SMILES string of the molecule is C=C(C)C(=O)OCC(F)(F)F.CC/C(=C/C(=O)O)C(=O)O. The van der Waals surface area contributed by atoms with Gasteiger partial charge in [0.15, 0.2) is 6.61 Å². The first kappa shape index (κ1) is 21.0. The molecule has 9 heteroatoms. The summed E-state index contributed by atoms with van der Waals surface area (Å²) < 4.78 is 37.9. The van der Waals surface area contributed by atoms with E-state index >= 15 is 0 Å². The lowest BCUT2D eigenvalue weighted by atomic mass is 10.2. The summed E-state index contributed by atoms with van der Waals surface area (Å²) in [6, 6.07) is 0. The van der Waals surface area contributed by atoms with Gasteiger partial charge < -0.3 is 14.9 Å². The molecule has 0 aromatic carbocycles. The Bertz CT molecular complexity index is 437. The number of carbonyl (C=O) groups is 3. The van der Waals surface area contributed by atoms with Crippen molar-refractivity contribution in [3.8, 4) is 0 Å². The summed E-state index contributed by atoms with van der Waals surface area (Å²) in [7, 11) is 0. The van der Waals surface area contributed by atoms with E-state index in [-0.39, 0.29) is 17.6 Å². The van der Waals surface area contributed by atoms with Crippen LogP contribution in [0.15, 0.2) is 23.8 Å². The topological polar surface area (TPSA) is 101 Å². The van der Waals surface area contributed by atoms with Gasteiger partial charge in [0, 0.05) is 17.2 Å². The lowest BCUT2D eigenvalue weighted by molar-refractivity contribution is -0.183. The Labute approximate surface area is 118 Å². The number of halogens is 3. The summed E-state index contributed by atoms with van der Waals surface area (Å²) in [4.78, 5) is 30.4. The van der Waals surface area contributed by atoms with E-state index in [0.717, 1.165) is 0 Å². The molecule has 0 amide bonds. The number of rotatable bonds is 5. The zero-order valence-electron chi connectivity index (χ0n) is 11.4. The monoisotopic (exact) mass is 312 g/mol. The van der Waals surface area contributed by atoms with E-state index in [0.29, 0.717) is 6.08 Å². The van der Waals surface area contributed by atoms with Crippen molar-refractivity contribution in [1.82, 2.24) is 0 Å². The van der Waals surface area contributed by atoms with E-state index in [1.165, 1.54) is 6.92 Å². The molecule has 0 aliphatic rings. The van der Waals surface area contributed by atoms with Crippen molar-refractivity contribution in [2.45, 2.75) is 26.4 Å². The number of esters is 1. The number of carboxylic acids is 2. The predicted molar refractivity (Wildman–Crippen MR) is 65.5 cm³/mol. The van der Waals surface area contributed by atoms with Crippen LogP contribution >= 0.6 is 0 Å².